The van der Waals surface area contributed by atoms with Gasteiger partial charge in [0.1, 0.15) is 5.82 Å². The van der Waals surface area contributed by atoms with E-state index in [1.165, 1.54) is 23.9 Å². The highest BCUT2D eigenvalue weighted by atomic mass is 32.2. The highest BCUT2D eigenvalue weighted by molar-refractivity contribution is 8.00. The molecule has 0 radical (unpaired) electrons. The van der Waals surface area contributed by atoms with Crippen molar-refractivity contribution in [2.45, 2.75) is 23.8 Å². The molecule has 2 aliphatic heterocycles. The van der Waals surface area contributed by atoms with Gasteiger partial charge in [0.05, 0.1) is 24.2 Å². The summed E-state index contributed by atoms with van der Waals surface area (Å²) in [5.41, 5.74) is 3.83. The fourth-order valence-corrected chi connectivity index (χ4v) is 6.44. The van der Waals surface area contributed by atoms with Crippen LogP contribution in [0.1, 0.15) is 18.9 Å². The Morgan fingerprint density at radius 2 is 2.04 bits per heavy atom. The van der Waals surface area contributed by atoms with E-state index in [9.17, 15) is 14.9 Å². The quantitative estimate of drug-likeness (QED) is 0.809. The van der Waals surface area contributed by atoms with Crippen LogP contribution < -0.4 is 10.7 Å². The molecule has 0 unspecified atom stereocenters. The van der Waals surface area contributed by atoms with Gasteiger partial charge in [-0.2, -0.15) is 10.5 Å². The summed E-state index contributed by atoms with van der Waals surface area (Å²) in [6, 6.07) is 10.7. The summed E-state index contributed by atoms with van der Waals surface area (Å²) in [7, 11) is 0. The van der Waals surface area contributed by atoms with E-state index in [0.29, 0.717) is 18.8 Å². The number of nitrogens with two attached hydrogens (primary N) is 1. The van der Waals surface area contributed by atoms with E-state index in [4.69, 9.17) is 10.5 Å². The normalized spacial score (nSPS) is 42.2. The van der Waals surface area contributed by atoms with Crippen molar-refractivity contribution in [2.24, 2.45) is 16.6 Å². The summed E-state index contributed by atoms with van der Waals surface area (Å²) in [6.07, 6.45) is 0.522. The molecule has 0 amide bonds. The van der Waals surface area contributed by atoms with E-state index >= 15 is 0 Å². The molecule has 1 spiro atoms. The number of benzene rings is 1. The molecule has 1 aromatic rings. The molecule has 1 aromatic carbocycles. The van der Waals surface area contributed by atoms with Crippen molar-refractivity contribution in [3.8, 4) is 12.1 Å². The maximum atomic E-state index is 13.4. The van der Waals surface area contributed by atoms with Crippen LogP contribution in [-0.2, 0) is 10.2 Å². The molecule has 2 heterocycles. The number of fused-ring (bicyclic) bond motifs is 2. The molecule has 0 aromatic heterocycles. The third-order valence-electron chi connectivity index (χ3n) is 5.87. The second-order valence-corrected chi connectivity index (χ2v) is 7.61. The van der Waals surface area contributed by atoms with Gasteiger partial charge in [-0.3, -0.25) is 5.73 Å². The van der Waals surface area contributed by atoms with Crippen molar-refractivity contribution in [1.29, 1.82) is 10.5 Å². The second-order valence-electron chi connectivity index (χ2n) is 6.34. The minimum Gasteiger partial charge on any atom is -0.327 e. The fraction of sp³-hybridized carbons (Fsp3) is 0.471. The number of rotatable bonds is 2. The average Bonchev–Trinajstić information content (AvgIpc) is 2.81. The maximum Gasteiger partial charge on any atom is 0.278 e. The lowest BCUT2D eigenvalue weighted by molar-refractivity contribution is -0.584. The van der Waals surface area contributed by atoms with Crippen LogP contribution in [0.25, 0.3) is 0 Å². The summed E-state index contributed by atoms with van der Waals surface area (Å²) in [4.78, 5) is 3.10. The molecule has 2 fully saturated rings. The van der Waals surface area contributed by atoms with Crippen molar-refractivity contribution in [1.82, 2.24) is 0 Å². The van der Waals surface area contributed by atoms with Gasteiger partial charge >= 0.3 is 0 Å². The largest absolute Gasteiger partial charge is 0.327 e. The van der Waals surface area contributed by atoms with Crippen molar-refractivity contribution in [3.05, 3.63) is 35.6 Å². The van der Waals surface area contributed by atoms with E-state index in [1.807, 2.05) is 6.92 Å². The average molecular weight is 343 g/mol. The van der Waals surface area contributed by atoms with Crippen LogP contribution >= 0.6 is 11.8 Å². The Balaban J connectivity index is 2.03. The fourth-order valence-electron chi connectivity index (χ4n) is 5.05. The van der Waals surface area contributed by atoms with Gasteiger partial charge in [0.25, 0.3) is 10.9 Å². The number of amidine groups is 1. The predicted molar refractivity (Wildman–Crippen MR) is 85.8 cm³/mol. The minimum absolute atomic E-state index is 0.270. The van der Waals surface area contributed by atoms with Gasteiger partial charge in [-0.05, 0) is 24.1 Å². The number of nitrogens with zero attached hydrogens (tertiary/aromatic N) is 2. The Labute approximate surface area is 143 Å². The van der Waals surface area contributed by atoms with Gasteiger partial charge in [-0.25, -0.2) is 9.38 Å². The van der Waals surface area contributed by atoms with Gasteiger partial charge in [-0.1, -0.05) is 30.8 Å². The van der Waals surface area contributed by atoms with Crippen LogP contribution in [0.3, 0.4) is 0 Å². The highest BCUT2D eigenvalue weighted by Gasteiger charge is 3.03. The second kappa shape index (κ2) is 4.50. The number of hydrogen-bond acceptors (Lipinski definition) is 5. The number of ether oxygens (including phenoxy) is 1. The lowest BCUT2D eigenvalue weighted by Gasteiger charge is -2.29. The number of thioether (sulfide) groups is 1. The molecule has 7 heteroatoms. The van der Waals surface area contributed by atoms with Crippen LogP contribution in [0, 0.1) is 39.3 Å². The van der Waals surface area contributed by atoms with Crippen molar-refractivity contribution >= 4 is 17.6 Å². The predicted octanol–water partition coefficient (Wildman–Crippen LogP) is 0.376. The Kier molecular flexibility index (Phi) is 2.90. The standard InChI is InChI=1S/C17H15FN4OS/c1-2-14(11-3-5-12(18)6-4-11)15(9-19)13(21)22-17(16(14,15)10-20)23-7-8-24-17/h3-6H,2,7-8H2,1H3,(H2,21,22)/p+1/t14-,15-,16+,17+/m0/s1. The summed E-state index contributed by atoms with van der Waals surface area (Å²) in [6.45, 7) is 2.42. The van der Waals surface area contributed by atoms with Crippen LogP contribution in [0.15, 0.2) is 24.3 Å². The molecule has 1 saturated carbocycles. The van der Waals surface area contributed by atoms with E-state index in [-0.39, 0.29) is 11.7 Å². The minimum atomic E-state index is -1.20. The topological polar surface area (TPSA) is 96.8 Å². The molecule has 1 saturated heterocycles. The van der Waals surface area contributed by atoms with Crippen molar-refractivity contribution < 1.29 is 14.1 Å². The Hall–Kier alpha value is -2.09. The first-order valence-electron chi connectivity index (χ1n) is 7.79. The van der Waals surface area contributed by atoms with E-state index < -0.39 is 21.3 Å². The zero-order valence-electron chi connectivity index (χ0n) is 13.1. The first-order chi connectivity index (χ1) is 11.5. The molecule has 3 aliphatic rings. The molecule has 122 valence electrons. The van der Waals surface area contributed by atoms with Crippen molar-refractivity contribution in [2.75, 3.05) is 12.4 Å². The summed E-state index contributed by atoms with van der Waals surface area (Å²) < 4.78 is 19.4. The molecule has 1 aliphatic carbocycles. The zero-order chi connectivity index (χ0) is 17.2. The molecule has 4 atom stereocenters. The van der Waals surface area contributed by atoms with Gasteiger partial charge in [-0.15, -0.1) is 0 Å². The summed E-state index contributed by atoms with van der Waals surface area (Å²) in [5, 5.41) is 19.3. The first kappa shape index (κ1) is 15.4. The molecule has 4 rings (SSSR count). The van der Waals surface area contributed by atoms with Crippen LogP contribution in [0.2, 0.25) is 0 Å². The first-order valence-corrected chi connectivity index (χ1v) is 8.78. The monoisotopic (exact) mass is 343 g/mol. The molecule has 3 N–H and O–H groups in total. The Morgan fingerprint density at radius 1 is 1.33 bits per heavy atom. The SMILES string of the molecule is CC[C@]1(c2ccc(F)cc2)[C@]2(C#N)C(N)=[NH+][C@@]3(OCCS3)[C@@]21C#N. The Bertz CT molecular complexity index is 836. The third-order valence-corrected chi connectivity index (χ3v) is 7.18. The number of nitriles is 2. The van der Waals surface area contributed by atoms with Crippen LogP contribution in [0.5, 0.6) is 0 Å². The van der Waals surface area contributed by atoms with E-state index in [0.717, 1.165) is 5.56 Å². The molecular weight excluding hydrogens is 327 g/mol. The Morgan fingerprint density at radius 3 is 2.54 bits per heavy atom. The van der Waals surface area contributed by atoms with Gasteiger partial charge < -0.3 is 4.74 Å². The molecule has 0 bridgehead atoms. The van der Waals surface area contributed by atoms with Gasteiger partial charge in [0.2, 0.25) is 0 Å². The zero-order valence-corrected chi connectivity index (χ0v) is 13.9. The van der Waals surface area contributed by atoms with Gasteiger partial charge in [0, 0.05) is 5.75 Å². The van der Waals surface area contributed by atoms with Gasteiger partial charge in [0.15, 0.2) is 10.8 Å². The number of hydrogen-bond donors (Lipinski definition) is 2. The van der Waals surface area contributed by atoms with E-state index in [2.05, 4.69) is 17.1 Å². The highest BCUT2D eigenvalue weighted by Crippen LogP contribution is 2.85. The number of nitrogens with one attached hydrogen (secondary N) is 1. The molecule has 24 heavy (non-hydrogen) atoms. The number of halogens is 1. The van der Waals surface area contributed by atoms with Crippen molar-refractivity contribution in [3.63, 3.8) is 0 Å². The molecule has 5 nitrogen and oxygen atoms in total. The van der Waals surface area contributed by atoms with E-state index in [1.54, 1.807) is 12.1 Å². The van der Waals surface area contributed by atoms with Crippen LogP contribution in [-0.4, -0.2) is 23.3 Å². The summed E-state index contributed by atoms with van der Waals surface area (Å²) >= 11 is 1.48. The third kappa shape index (κ3) is 1.20. The smallest absolute Gasteiger partial charge is 0.278 e. The molecular formula is C17H16FN4OS+. The summed E-state index contributed by atoms with van der Waals surface area (Å²) in [5.74, 6) is 0.630. The lowest BCUT2D eigenvalue weighted by atomic mass is 9.81. The maximum absolute atomic E-state index is 13.4. The van der Waals surface area contributed by atoms with Crippen LogP contribution in [0.4, 0.5) is 4.39 Å². The lowest BCUT2D eigenvalue weighted by Crippen LogP contribution is -2.88.